The zero-order chi connectivity index (χ0) is 15.0. The largest absolute Gasteiger partial charge is 0.486 e. The van der Waals surface area contributed by atoms with Gasteiger partial charge in [0.05, 0.1) is 6.04 Å². The molecule has 0 saturated carbocycles. The van der Waals surface area contributed by atoms with Crippen molar-refractivity contribution in [3.05, 3.63) is 23.8 Å². The Morgan fingerprint density at radius 2 is 1.95 bits per heavy atom. The molecule has 1 aromatic rings. The molecule has 2 unspecified atom stereocenters. The van der Waals surface area contributed by atoms with Crippen molar-refractivity contribution in [3.63, 3.8) is 0 Å². The van der Waals surface area contributed by atoms with Gasteiger partial charge in [0.2, 0.25) is 5.91 Å². The second-order valence-electron chi connectivity index (χ2n) is 5.95. The van der Waals surface area contributed by atoms with E-state index in [2.05, 4.69) is 0 Å². The van der Waals surface area contributed by atoms with Crippen molar-refractivity contribution in [2.24, 2.45) is 5.73 Å². The van der Waals surface area contributed by atoms with Crippen LogP contribution in [-0.4, -0.2) is 36.1 Å². The maximum atomic E-state index is 12.3. The highest BCUT2D eigenvalue weighted by Gasteiger charge is 2.36. The molecule has 2 heterocycles. The molecule has 0 aliphatic carbocycles. The molecule has 0 radical (unpaired) electrons. The number of hydrogen-bond donors (Lipinski definition) is 1. The van der Waals surface area contributed by atoms with Gasteiger partial charge in [-0.15, -0.1) is 0 Å². The van der Waals surface area contributed by atoms with Crippen LogP contribution in [0.1, 0.15) is 38.3 Å². The number of nitrogens with two attached hydrogens (primary N) is 1. The molecule has 2 N–H and O–H groups in total. The Balaban J connectivity index is 1.97. The summed E-state index contributed by atoms with van der Waals surface area (Å²) in [6, 6.07) is 5.85. The van der Waals surface area contributed by atoms with E-state index in [0.717, 1.165) is 23.5 Å². The van der Waals surface area contributed by atoms with Gasteiger partial charge >= 0.3 is 0 Å². The molecule has 1 amide bonds. The highest BCUT2D eigenvalue weighted by atomic mass is 16.6. The Bertz CT molecular complexity index is 544. The topological polar surface area (TPSA) is 64.8 Å². The molecule has 0 spiro atoms. The van der Waals surface area contributed by atoms with Gasteiger partial charge in [0.25, 0.3) is 0 Å². The maximum Gasteiger partial charge on any atom is 0.223 e. The van der Waals surface area contributed by atoms with Crippen molar-refractivity contribution in [2.75, 3.05) is 13.2 Å². The summed E-state index contributed by atoms with van der Waals surface area (Å²) in [4.78, 5) is 14.2. The average molecular weight is 290 g/mol. The van der Waals surface area contributed by atoms with Crippen LogP contribution < -0.4 is 15.2 Å². The lowest BCUT2D eigenvalue weighted by molar-refractivity contribution is -0.139. The normalized spacial score (nSPS) is 25.3. The molecule has 2 aliphatic rings. The smallest absolute Gasteiger partial charge is 0.223 e. The summed E-state index contributed by atoms with van der Waals surface area (Å²) >= 11 is 0. The van der Waals surface area contributed by atoms with Crippen LogP contribution in [0.3, 0.4) is 0 Å². The summed E-state index contributed by atoms with van der Waals surface area (Å²) in [5.74, 6) is 1.68. The van der Waals surface area contributed by atoms with Crippen molar-refractivity contribution in [2.45, 2.75) is 44.8 Å². The zero-order valence-corrected chi connectivity index (χ0v) is 12.5. The van der Waals surface area contributed by atoms with Crippen molar-refractivity contribution >= 4 is 5.91 Å². The molecule has 2 atom stereocenters. The minimum absolute atomic E-state index is 0.0485. The first-order valence-corrected chi connectivity index (χ1v) is 7.54. The summed E-state index contributed by atoms with van der Waals surface area (Å²) in [5, 5.41) is 0. The van der Waals surface area contributed by atoms with Crippen LogP contribution in [0.4, 0.5) is 0 Å². The molecule has 1 saturated heterocycles. The maximum absolute atomic E-state index is 12.3. The van der Waals surface area contributed by atoms with Gasteiger partial charge in [-0.05, 0) is 38.0 Å². The fraction of sp³-hybridized carbons (Fsp3) is 0.562. The van der Waals surface area contributed by atoms with Gasteiger partial charge in [-0.2, -0.15) is 0 Å². The predicted molar refractivity (Wildman–Crippen MR) is 79.4 cm³/mol. The lowest BCUT2D eigenvalue weighted by Gasteiger charge is -2.42. The molecule has 5 nitrogen and oxygen atoms in total. The lowest BCUT2D eigenvalue weighted by Crippen LogP contribution is -2.51. The molecule has 0 aromatic heterocycles. The van der Waals surface area contributed by atoms with E-state index in [0.29, 0.717) is 19.6 Å². The van der Waals surface area contributed by atoms with Crippen LogP contribution >= 0.6 is 0 Å². The number of carbonyl (C=O) groups excluding carboxylic acids is 1. The number of likely N-dealkylation sites (tertiary alicyclic amines) is 1. The minimum atomic E-state index is -0.0953. The third-order valence-electron chi connectivity index (χ3n) is 4.15. The van der Waals surface area contributed by atoms with E-state index in [1.807, 2.05) is 36.9 Å². The van der Waals surface area contributed by atoms with Gasteiger partial charge in [0.15, 0.2) is 11.5 Å². The third-order valence-corrected chi connectivity index (χ3v) is 4.15. The molecule has 1 aromatic carbocycles. The molecule has 0 bridgehead atoms. The minimum Gasteiger partial charge on any atom is -0.486 e. The standard InChI is InChI=1S/C16H22N2O3/c1-10(2)18-15(19)6-4-12(17)16(18)11-3-5-13-14(9-11)21-8-7-20-13/h3,5,9-10,12,16H,4,6-8,17H2,1-2H3. The van der Waals surface area contributed by atoms with Crippen molar-refractivity contribution in [1.82, 2.24) is 4.90 Å². The summed E-state index contributed by atoms with van der Waals surface area (Å²) in [6.45, 7) is 5.19. The van der Waals surface area contributed by atoms with Gasteiger partial charge < -0.3 is 20.1 Å². The number of rotatable bonds is 2. The highest BCUT2D eigenvalue weighted by molar-refractivity contribution is 5.78. The van der Waals surface area contributed by atoms with Gasteiger partial charge in [-0.3, -0.25) is 4.79 Å². The fourth-order valence-corrected chi connectivity index (χ4v) is 3.20. The summed E-state index contributed by atoms with van der Waals surface area (Å²) in [7, 11) is 0. The molecular weight excluding hydrogens is 268 g/mol. The van der Waals surface area contributed by atoms with Gasteiger partial charge in [-0.25, -0.2) is 0 Å². The molecule has 5 heteroatoms. The quantitative estimate of drug-likeness (QED) is 0.903. The molecule has 114 valence electrons. The Morgan fingerprint density at radius 1 is 1.24 bits per heavy atom. The van der Waals surface area contributed by atoms with Gasteiger partial charge in [0.1, 0.15) is 13.2 Å². The van der Waals surface area contributed by atoms with E-state index in [1.54, 1.807) is 0 Å². The van der Waals surface area contributed by atoms with E-state index < -0.39 is 0 Å². The molecule has 2 aliphatic heterocycles. The van der Waals surface area contributed by atoms with E-state index in [9.17, 15) is 4.79 Å². The fourth-order valence-electron chi connectivity index (χ4n) is 3.20. The SMILES string of the molecule is CC(C)N1C(=O)CCC(N)C1c1ccc2c(c1)OCCO2. The first kappa shape index (κ1) is 14.2. The highest BCUT2D eigenvalue weighted by Crippen LogP contribution is 2.38. The van der Waals surface area contributed by atoms with Crippen molar-refractivity contribution < 1.29 is 14.3 Å². The Labute approximate surface area is 125 Å². The molecule has 3 rings (SSSR count). The van der Waals surface area contributed by atoms with E-state index in [1.165, 1.54) is 0 Å². The van der Waals surface area contributed by atoms with Crippen molar-refractivity contribution in [3.8, 4) is 11.5 Å². The Kier molecular flexibility index (Phi) is 3.76. The average Bonchev–Trinajstić information content (AvgIpc) is 2.48. The van der Waals surface area contributed by atoms with Crippen LogP contribution in [0.25, 0.3) is 0 Å². The summed E-state index contributed by atoms with van der Waals surface area (Å²) in [6.07, 6.45) is 1.25. The lowest BCUT2D eigenvalue weighted by atomic mass is 9.89. The number of benzene rings is 1. The number of ether oxygens (including phenoxy) is 2. The summed E-state index contributed by atoms with van der Waals surface area (Å²) in [5.41, 5.74) is 7.33. The second-order valence-corrected chi connectivity index (χ2v) is 5.95. The third kappa shape index (κ3) is 2.58. The molecule has 21 heavy (non-hydrogen) atoms. The number of amides is 1. The number of piperidine rings is 1. The van der Waals surface area contributed by atoms with E-state index >= 15 is 0 Å². The first-order valence-electron chi connectivity index (χ1n) is 7.54. The zero-order valence-electron chi connectivity index (χ0n) is 12.5. The van der Waals surface area contributed by atoms with Crippen LogP contribution in [0.15, 0.2) is 18.2 Å². The Hall–Kier alpha value is -1.75. The van der Waals surface area contributed by atoms with Crippen LogP contribution in [0.2, 0.25) is 0 Å². The van der Waals surface area contributed by atoms with E-state index in [-0.39, 0.29) is 24.0 Å². The number of carbonyl (C=O) groups is 1. The first-order chi connectivity index (χ1) is 10.1. The predicted octanol–water partition coefficient (Wildman–Crippen LogP) is 1.86. The van der Waals surface area contributed by atoms with Gasteiger partial charge in [0, 0.05) is 18.5 Å². The molecule has 1 fully saturated rings. The number of hydrogen-bond acceptors (Lipinski definition) is 4. The second kappa shape index (κ2) is 5.56. The summed E-state index contributed by atoms with van der Waals surface area (Å²) < 4.78 is 11.2. The van der Waals surface area contributed by atoms with Gasteiger partial charge in [-0.1, -0.05) is 6.07 Å². The number of nitrogens with zero attached hydrogens (tertiary/aromatic N) is 1. The van der Waals surface area contributed by atoms with Crippen LogP contribution in [0.5, 0.6) is 11.5 Å². The monoisotopic (exact) mass is 290 g/mol. The van der Waals surface area contributed by atoms with E-state index in [4.69, 9.17) is 15.2 Å². The number of fused-ring (bicyclic) bond motifs is 1. The van der Waals surface area contributed by atoms with Crippen molar-refractivity contribution in [1.29, 1.82) is 0 Å². The molecular formula is C16H22N2O3. The Morgan fingerprint density at radius 3 is 2.67 bits per heavy atom. The van der Waals surface area contributed by atoms with Crippen LogP contribution in [-0.2, 0) is 4.79 Å². The van der Waals surface area contributed by atoms with Crippen LogP contribution in [0, 0.1) is 0 Å².